The van der Waals surface area contributed by atoms with E-state index in [0.717, 1.165) is 0 Å². The molecule has 0 aliphatic heterocycles. The summed E-state index contributed by atoms with van der Waals surface area (Å²) in [4.78, 5) is 53.1. The fraction of sp³-hybridized carbons (Fsp3) is 0.750. The predicted octanol–water partition coefficient (Wildman–Crippen LogP) is -3.22. The van der Waals surface area contributed by atoms with E-state index in [-0.39, 0.29) is 25.2 Å². The maximum Gasteiger partial charge on any atom is 0.328 e. The van der Waals surface area contributed by atoms with Gasteiger partial charge in [-0.2, -0.15) is 11.8 Å². The summed E-state index contributed by atoms with van der Waals surface area (Å²) in [6, 6.07) is -4.44. The third kappa shape index (κ3) is 14.4. The summed E-state index contributed by atoms with van der Waals surface area (Å²) in [6.07, 6.45) is 4.21. The van der Waals surface area contributed by atoms with Crippen molar-refractivity contribution in [3.63, 3.8) is 0 Å². The van der Waals surface area contributed by atoms with Crippen LogP contribution in [0, 0.1) is 0 Å². The Labute approximate surface area is 209 Å². The Kier molecular flexibility index (Phi) is 17.3. The second kappa shape index (κ2) is 18.7. The zero-order valence-electron chi connectivity index (χ0n) is 20.1. The highest BCUT2D eigenvalue weighted by Gasteiger charge is 2.29. The highest BCUT2D eigenvalue weighted by molar-refractivity contribution is 7.98. The van der Waals surface area contributed by atoms with E-state index in [1.165, 1.54) is 11.8 Å². The van der Waals surface area contributed by atoms with Gasteiger partial charge in [0, 0.05) is 6.54 Å². The number of carbonyl (C=O) groups excluding carboxylic acids is 3. The number of carboxylic acid groups (broad SMARTS) is 1. The van der Waals surface area contributed by atoms with Gasteiger partial charge < -0.3 is 49.1 Å². The van der Waals surface area contributed by atoms with E-state index < -0.39 is 54.5 Å². The molecule has 0 rings (SSSR count). The van der Waals surface area contributed by atoms with Crippen molar-refractivity contribution in [1.82, 2.24) is 16.0 Å². The first-order valence-electron chi connectivity index (χ1n) is 11.3. The number of hydrogen-bond donors (Lipinski definition) is 9. The van der Waals surface area contributed by atoms with Crippen molar-refractivity contribution in [3.8, 4) is 0 Å². The molecule has 0 aromatic rings. The van der Waals surface area contributed by atoms with Gasteiger partial charge in [0.2, 0.25) is 17.7 Å². The number of amides is 3. The number of aliphatic carboxylic acids is 1. The summed E-state index contributed by atoms with van der Waals surface area (Å²) in [5.74, 6) is -2.87. The number of guanidine groups is 1. The normalized spacial score (nSPS) is 14.2. The standard InChI is InChI=1S/C20H40N8O6S/c1-35-10-7-14(18(32)28-15(11-29)19(33)34)27-17(31)13(6-2-3-8-21)26-16(30)12(22)5-4-9-25-20(23)24/h12-15,29H,2-11,21-22H2,1H3,(H,26,30)(H,27,31)(H,28,32)(H,33,34)(H4,23,24,25). The van der Waals surface area contributed by atoms with E-state index in [0.29, 0.717) is 38.1 Å². The molecule has 15 heteroatoms. The molecule has 0 fully saturated rings. The number of aliphatic hydroxyl groups is 1. The Bertz CT molecular complexity index is 707. The molecule has 0 radical (unpaired) electrons. The predicted molar refractivity (Wildman–Crippen MR) is 134 cm³/mol. The summed E-state index contributed by atoms with van der Waals surface area (Å²) in [7, 11) is 0. The van der Waals surface area contributed by atoms with E-state index in [4.69, 9.17) is 28.0 Å². The van der Waals surface area contributed by atoms with Crippen LogP contribution in [0.3, 0.4) is 0 Å². The van der Waals surface area contributed by atoms with Crippen molar-refractivity contribution in [2.75, 3.05) is 31.7 Å². The van der Waals surface area contributed by atoms with Crippen LogP contribution in [-0.2, 0) is 19.2 Å². The Morgan fingerprint density at radius 3 is 1.97 bits per heavy atom. The van der Waals surface area contributed by atoms with Crippen molar-refractivity contribution in [3.05, 3.63) is 0 Å². The van der Waals surface area contributed by atoms with Gasteiger partial charge in [0.05, 0.1) is 12.6 Å². The second-order valence-corrected chi connectivity index (χ2v) is 8.81. The van der Waals surface area contributed by atoms with Crippen molar-refractivity contribution in [2.45, 2.75) is 62.7 Å². The topological polar surface area (TPSA) is 261 Å². The molecular weight excluding hydrogens is 480 g/mol. The SMILES string of the molecule is CSCCC(NC(=O)C(CCCCN)NC(=O)C(N)CCCN=C(N)N)C(=O)NC(CO)C(=O)O. The molecule has 202 valence electrons. The number of aliphatic hydroxyl groups excluding tert-OH is 1. The third-order valence-corrected chi connectivity index (χ3v) is 5.57. The highest BCUT2D eigenvalue weighted by atomic mass is 32.2. The van der Waals surface area contributed by atoms with Crippen LogP contribution in [0.5, 0.6) is 0 Å². The fourth-order valence-corrected chi connectivity index (χ4v) is 3.40. The molecule has 35 heavy (non-hydrogen) atoms. The lowest BCUT2D eigenvalue weighted by atomic mass is 10.1. The summed E-state index contributed by atoms with van der Waals surface area (Å²) in [5.41, 5.74) is 22.0. The van der Waals surface area contributed by atoms with Crippen LogP contribution in [0.15, 0.2) is 4.99 Å². The van der Waals surface area contributed by atoms with E-state index in [1.54, 1.807) is 0 Å². The number of aliphatic imine (C=N–C) groups is 1. The molecule has 0 aliphatic carbocycles. The minimum Gasteiger partial charge on any atom is -0.480 e. The zero-order chi connectivity index (χ0) is 26.8. The molecule has 0 heterocycles. The minimum atomic E-state index is -1.51. The van der Waals surface area contributed by atoms with Crippen LogP contribution in [0.25, 0.3) is 0 Å². The van der Waals surface area contributed by atoms with Gasteiger partial charge in [-0.3, -0.25) is 19.4 Å². The number of nitrogens with two attached hydrogens (primary N) is 4. The van der Waals surface area contributed by atoms with Gasteiger partial charge >= 0.3 is 5.97 Å². The average molecular weight is 521 g/mol. The second-order valence-electron chi connectivity index (χ2n) is 7.83. The van der Waals surface area contributed by atoms with Crippen LogP contribution in [-0.4, -0.2) is 95.7 Å². The van der Waals surface area contributed by atoms with Gasteiger partial charge in [0.25, 0.3) is 0 Å². The van der Waals surface area contributed by atoms with Gasteiger partial charge in [-0.15, -0.1) is 0 Å². The minimum absolute atomic E-state index is 0.0617. The maximum absolute atomic E-state index is 13.0. The first-order valence-corrected chi connectivity index (χ1v) is 12.7. The molecule has 0 aliphatic rings. The molecule has 0 saturated heterocycles. The van der Waals surface area contributed by atoms with Gasteiger partial charge in [0.15, 0.2) is 5.96 Å². The highest BCUT2D eigenvalue weighted by Crippen LogP contribution is 2.07. The molecule has 0 aromatic carbocycles. The smallest absolute Gasteiger partial charge is 0.328 e. The summed E-state index contributed by atoms with van der Waals surface area (Å²) >= 11 is 1.43. The number of thioether (sulfide) groups is 1. The molecule has 3 amide bonds. The number of rotatable bonds is 19. The Morgan fingerprint density at radius 1 is 0.886 bits per heavy atom. The van der Waals surface area contributed by atoms with Crippen LogP contribution in [0.1, 0.15) is 38.5 Å². The maximum atomic E-state index is 13.0. The van der Waals surface area contributed by atoms with Crippen LogP contribution in [0.2, 0.25) is 0 Å². The first-order chi connectivity index (χ1) is 16.6. The number of carbonyl (C=O) groups is 4. The molecule has 0 saturated carbocycles. The van der Waals surface area contributed by atoms with Crippen LogP contribution in [0.4, 0.5) is 0 Å². The van der Waals surface area contributed by atoms with Gasteiger partial charge in [-0.05, 0) is 57.1 Å². The number of nitrogens with zero attached hydrogens (tertiary/aromatic N) is 1. The largest absolute Gasteiger partial charge is 0.480 e. The molecule has 14 nitrogen and oxygen atoms in total. The zero-order valence-corrected chi connectivity index (χ0v) is 20.9. The average Bonchev–Trinajstić information content (AvgIpc) is 2.81. The number of unbranched alkanes of at least 4 members (excludes halogenated alkanes) is 1. The number of nitrogens with one attached hydrogen (secondary N) is 3. The first kappa shape index (κ1) is 32.4. The van der Waals surface area contributed by atoms with Crippen LogP contribution < -0.4 is 38.9 Å². The lowest BCUT2D eigenvalue weighted by molar-refractivity contribution is -0.143. The van der Waals surface area contributed by atoms with E-state index >= 15 is 0 Å². The number of hydrogen-bond acceptors (Lipinski definition) is 9. The lowest BCUT2D eigenvalue weighted by Gasteiger charge is -2.25. The summed E-state index contributed by atoms with van der Waals surface area (Å²) in [6.45, 7) is -0.0900. The van der Waals surface area contributed by atoms with Gasteiger partial charge in [0.1, 0.15) is 18.1 Å². The molecular formula is C20H40N8O6S. The molecule has 0 bridgehead atoms. The summed E-state index contributed by atoms with van der Waals surface area (Å²) in [5, 5.41) is 25.7. The van der Waals surface area contributed by atoms with Crippen molar-refractivity contribution < 1.29 is 29.4 Å². The molecule has 4 unspecified atom stereocenters. The van der Waals surface area contributed by atoms with E-state index in [2.05, 4.69) is 20.9 Å². The number of carboxylic acids is 1. The Morgan fingerprint density at radius 2 is 1.46 bits per heavy atom. The Hall–Kier alpha value is -2.62. The monoisotopic (exact) mass is 520 g/mol. The van der Waals surface area contributed by atoms with Crippen LogP contribution >= 0.6 is 11.8 Å². The fourth-order valence-electron chi connectivity index (χ4n) is 2.93. The molecule has 4 atom stereocenters. The molecule has 0 spiro atoms. The Balaban J connectivity index is 5.29. The molecule has 0 aromatic heterocycles. The van der Waals surface area contributed by atoms with Crippen molar-refractivity contribution in [1.29, 1.82) is 0 Å². The third-order valence-electron chi connectivity index (χ3n) is 4.93. The van der Waals surface area contributed by atoms with Crippen molar-refractivity contribution >= 4 is 41.4 Å². The lowest BCUT2D eigenvalue weighted by Crippen LogP contribution is -2.57. The van der Waals surface area contributed by atoms with Gasteiger partial charge in [-0.25, -0.2) is 4.79 Å². The van der Waals surface area contributed by atoms with E-state index in [9.17, 15) is 24.3 Å². The molecule has 13 N–H and O–H groups in total. The van der Waals surface area contributed by atoms with Crippen molar-refractivity contribution in [2.24, 2.45) is 27.9 Å². The quantitative estimate of drug-likeness (QED) is 0.0464. The summed E-state index contributed by atoms with van der Waals surface area (Å²) < 4.78 is 0. The van der Waals surface area contributed by atoms with E-state index in [1.807, 2.05) is 6.26 Å². The van der Waals surface area contributed by atoms with Gasteiger partial charge in [-0.1, -0.05) is 0 Å².